The van der Waals surface area contributed by atoms with Gasteiger partial charge in [0.15, 0.2) is 17.4 Å². The van der Waals surface area contributed by atoms with E-state index in [4.69, 9.17) is 9.47 Å². The van der Waals surface area contributed by atoms with Crippen LogP contribution in [0.3, 0.4) is 0 Å². The van der Waals surface area contributed by atoms with Crippen LogP contribution in [-0.2, 0) is 4.74 Å². The molecule has 0 aliphatic rings. The molecular weight excluding hydrogens is 341 g/mol. The Morgan fingerprint density at radius 2 is 2.04 bits per heavy atom. The molecule has 3 aromatic rings. The second-order valence-electron chi connectivity index (χ2n) is 5.22. The Kier molecular flexibility index (Phi) is 4.83. The highest BCUT2D eigenvalue weighted by molar-refractivity contribution is 5.91. The predicted octanol–water partition coefficient (Wildman–Crippen LogP) is 2.96. The number of methoxy groups -OCH3 is 1. The zero-order valence-corrected chi connectivity index (χ0v) is 14.1. The number of para-hydroxylation sites is 1. The van der Waals surface area contributed by atoms with E-state index in [0.717, 1.165) is 6.07 Å². The average Bonchev–Trinajstić information content (AvgIpc) is 3.08. The molecule has 0 fully saturated rings. The van der Waals surface area contributed by atoms with E-state index in [1.165, 1.54) is 24.1 Å². The molecule has 26 heavy (non-hydrogen) atoms. The highest BCUT2D eigenvalue weighted by atomic mass is 19.1. The van der Waals surface area contributed by atoms with Crippen molar-refractivity contribution in [3.05, 3.63) is 54.0 Å². The normalized spacial score (nSPS) is 10.6. The first-order valence-electron chi connectivity index (χ1n) is 7.81. The SMILES string of the molecule is CCOC(=O)c1cnn(-c2cccc(-c3cccc(F)c3O)n2)c1OC. The fraction of sp³-hybridized carbons (Fsp3) is 0.167. The lowest BCUT2D eigenvalue weighted by Gasteiger charge is -2.09. The molecule has 8 heteroatoms. The minimum atomic E-state index is -0.740. The van der Waals surface area contributed by atoms with Crippen molar-refractivity contribution < 1.29 is 23.8 Å². The van der Waals surface area contributed by atoms with Gasteiger partial charge in [-0.1, -0.05) is 12.1 Å². The molecule has 2 aromatic heterocycles. The number of carbonyl (C=O) groups excluding carboxylic acids is 1. The van der Waals surface area contributed by atoms with Crippen LogP contribution in [0.5, 0.6) is 11.6 Å². The van der Waals surface area contributed by atoms with Crippen LogP contribution in [0.1, 0.15) is 17.3 Å². The number of ether oxygens (including phenoxy) is 2. The molecule has 0 bridgehead atoms. The molecule has 0 unspecified atom stereocenters. The molecular formula is C18H16FN3O4. The number of pyridine rings is 1. The summed E-state index contributed by atoms with van der Waals surface area (Å²) >= 11 is 0. The Labute approximate surface area is 148 Å². The van der Waals surface area contributed by atoms with Crippen molar-refractivity contribution >= 4 is 5.97 Å². The van der Waals surface area contributed by atoms with E-state index in [1.807, 2.05) is 0 Å². The van der Waals surface area contributed by atoms with Gasteiger partial charge in [0.05, 0.1) is 25.6 Å². The Balaban J connectivity index is 2.06. The highest BCUT2D eigenvalue weighted by Crippen LogP contribution is 2.31. The zero-order valence-electron chi connectivity index (χ0n) is 14.1. The number of halogens is 1. The van der Waals surface area contributed by atoms with Gasteiger partial charge in [0.1, 0.15) is 5.56 Å². The van der Waals surface area contributed by atoms with Gasteiger partial charge in [-0.25, -0.2) is 14.2 Å². The van der Waals surface area contributed by atoms with Crippen molar-refractivity contribution in [2.24, 2.45) is 0 Å². The van der Waals surface area contributed by atoms with Gasteiger partial charge in [0, 0.05) is 5.56 Å². The number of carbonyl (C=O) groups is 1. The lowest BCUT2D eigenvalue weighted by atomic mass is 10.1. The van der Waals surface area contributed by atoms with Crippen molar-refractivity contribution in [1.82, 2.24) is 14.8 Å². The van der Waals surface area contributed by atoms with Crippen LogP contribution < -0.4 is 4.74 Å². The van der Waals surface area contributed by atoms with Gasteiger partial charge >= 0.3 is 5.97 Å². The largest absolute Gasteiger partial charge is 0.504 e. The van der Waals surface area contributed by atoms with E-state index >= 15 is 0 Å². The second-order valence-corrected chi connectivity index (χ2v) is 5.22. The maximum Gasteiger partial charge on any atom is 0.345 e. The Morgan fingerprint density at radius 1 is 1.27 bits per heavy atom. The molecule has 0 saturated heterocycles. The third-order valence-electron chi connectivity index (χ3n) is 3.63. The number of hydrogen-bond donors (Lipinski definition) is 1. The molecule has 3 rings (SSSR count). The molecule has 1 N–H and O–H groups in total. The third kappa shape index (κ3) is 3.08. The minimum Gasteiger partial charge on any atom is -0.504 e. The average molecular weight is 357 g/mol. The monoisotopic (exact) mass is 357 g/mol. The fourth-order valence-corrected chi connectivity index (χ4v) is 2.46. The molecule has 0 atom stereocenters. The number of nitrogens with zero attached hydrogens (tertiary/aromatic N) is 3. The third-order valence-corrected chi connectivity index (χ3v) is 3.63. The topological polar surface area (TPSA) is 86.5 Å². The van der Waals surface area contributed by atoms with Crippen LogP contribution >= 0.6 is 0 Å². The van der Waals surface area contributed by atoms with Gasteiger partial charge < -0.3 is 14.6 Å². The number of phenolic OH excluding ortho intramolecular Hbond substituents is 1. The molecule has 0 amide bonds. The summed E-state index contributed by atoms with van der Waals surface area (Å²) in [4.78, 5) is 16.4. The molecule has 0 spiro atoms. The van der Waals surface area contributed by atoms with Crippen LogP contribution in [0, 0.1) is 5.82 Å². The summed E-state index contributed by atoms with van der Waals surface area (Å²) in [6.07, 6.45) is 1.32. The number of benzene rings is 1. The van der Waals surface area contributed by atoms with Crippen molar-refractivity contribution in [1.29, 1.82) is 0 Å². The lowest BCUT2D eigenvalue weighted by molar-refractivity contribution is 0.0522. The van der Waals surface area contributed by atoms with Crippen LogP contribution in [0.4, 0.5) is 4.39 Å². The Bertz CT molecular complexity index is 955. The maximum atomic E-state index is 13.6. The molecule has 134 valence electrons. The standard InChI is InChI=1S/C18H16FN3O4/c1-3-26-18(24)12-10-20-22(17(12)25-2)15-9-5-8-14(21-15)11-6-4-7-13(19)16(11)23/h4-10,23H,3H2,1-2H3. The van der Waals surface area contributed by atoms with Gasteiger partial charge in [0.2, 0.25) is 5.88 Å². The molecule has 0 aliphatic heterocycles. The number of phenols is 1. The van der Waals surface area contributed by atoms with Crippen LogP contribution in [-0.4, -0.2) is 39.6 Å². The number of esters is 1. The first kappa shape index (κ1) is 17.4. The van der Waals surface area contributed by atoms with Gasteiger partial charge in [0.25, 0.3) is 0 Å². The molecule has 0 radical (unpaired) electrons. The number of rotatable bonds is 5. The summed E-state index contributed by atoms with van der Waals surface area (Å²) in [6, 6.07) is 9.13. The highest BCUT2D eigenvalue weighted by Gasteiger charge is 2.21. The number of aromatic nitrogens is 3. The van der Waals surface area contributed by atoms with Crippen LogP contribution in [0.2, 0.25) is 0 Å². The summed E-state index contributed by atoms with van der Waals surface area (Å²) in [5.74, 6) is -1.29. The molecule has 7 nitrogen and oxygen atoms in total. The van der Waals surface area contributed by atoms with Gasteiger partial charge in [-0.3, -0.25) is 0 Å². The number of aromatic hydroxyl groups is 1. The van der Waals surface area contributed by atoms with Crippen LogP contribution in [0.25, 0.3) is 17.1 Å². The van der Waals surface area contributed by atoms with Crippen molar-refractivity contribution in [3.63, 3.8) is 0 Å². The number of hydrogen-bond acceptors (Lipinski definition) is 6. The first-order valence-corrected chi connectivity index (χ1v) is 7.81. The molecule has 0 aliphatic carbocycles. The Hall–Kier alpha value is -3.42. The summed E-state index contributed by atoms with van der Waals surface area (Å²) in [7, 11) is 1.40. The summed E-state index contributed by atoms with van der Waals surface area (Å²) in [6.45, 7) is 1.92. The van der Waals surface area contributed by atoms with Crippen molar-refractivity contribution in [3.8, 4) is 28.7 Å². The van der Waals surface area contributed by atoms with Crippen molar-refractivity contribution in [2.45, 2.75) is 6.92 Å². The quantitative estimate of drug-likeness (QED) is 0.707. The van der Waals surface area contributed by atoms with E-state index in [1.54, 1.807) is 31.2 Å². The van der Waals surface area contributed by atoms with E-state index in [2.05, 4.69) is 10.1 Å². The fourth-order valence-electron chi connectivity index (χ4n) is 2.46. The van der Waals surface area contributed by atoms with E-state index in [0.29, 0.717) is 11.5 Å². The predicted molar refractivity (Wildman–Crippen MR) is 90.9 cm³/mol. The van der Waals surface area contributed by atoms with Gasteiger partial charge in [-0.05, 0) is 31.2 Å². The van der Waals surface area contributed by atoms with E-state index in [9.17, 15) is 14.3 Å². The zero-order chi connectivity index (χ0) is 18.7. The summed E-state index contributed by atoms with van der Waals surface area (Å²) in [5.41, 5.74) is 0.744. The summed E-state index contributed by atoms with van der Waals surface area (Å²) < 4.78 is 25.2. The molecule has 2 heterocycles. The molecule has 0 saturated carbocycles. The van der Waals surface area contributed by atoms with Crippen molar-refractivity contribution in [2.75, 3.05) is 13.7 Å². The first-order chi connectivity index (χ1) is 12.6. The van der Waals surface area contributed by atoms with E-state index < -0.39 is 17.5 Å². The maximum absolute atomic E-state index is 13.6. The lowest BCUT2D eigenvalue weighted by Crippen LogP contribution is -2.08. The van der Waals surface area contributed by atoms with Gasteiger partial charge in [-0.15, -0.1) is 0 Å². The molecule has 1 aromatic carbocycles. The van der Waals surface area contributed by atoms with E-state index in [-0.39, 0.29) is 23.6 Å². The summed E-state index contributed by atoms with van der Waals surface area (Å²) in [5, 5.41) is 14.1. The van der Waals surface area contributed by atoms with Crippen LogP contribution in [0.15, 0.2) is 42.6 Å². The minimum absolute atomic E-state index is 0.162. The second kappa shape index (κ2) is 7.22. The van der Waals surface area contributed by atoms with Gasteiger partial charge in [-0.2, -0.15) is 9.78 Å². The smallest absolute Gasteiger partial charge is 0.345 e. The Morgan fingerprint density at radius 3 is 2.77 bits per heavy atom.